The molecule has 0 aliphatic heterocycles. The van der Waals surface area contributed by atoms with E-state index in [1.807, 2.05) is 36.4 Å². The van der Waals surface area contributed by atoms with Gasteiger partial charge in [0.05, 0.1) is 6.34 Å². The summed E-state index contributed by atoms with van der Waals surface area (Å²) in [4.78, 5) is 27.7. The molecule has 1 aliphatic carbocycles. The summed E-state index contributed by atoms with van der Waals surface area (Å²) in [6.45, 7) is 0.675. The van der Waals surface area contributed by atoms with Gasteiger partial charge in [0.1, 0.15) is 12.6 Å². The van der Waals surface area contributed by atoms with Crippen LogP contribution < -0.4 is 16.6 Å². The molecular weight excluding hydrogens is 420 g/mol. The molecule has 2 aromatic rings. The fourth-order valence-electron chi connectivity index (χ4n) is 3.71. The third-order valence-electron chi connectivity index (χ3n) is 5.13. The van der Waals surface area contributed by atoms with Gasteiger partial charge in [-0.05, 0) is 41.5 Å². The number of rotatable bonds is 10. The molecule has 0 fully saturated rings. The van der Waals surface area contributed by atoms with Crippen molar-refractivity contribution in [1.82, 2.24) is 10.7 Å². The van der Waals surface area contributed by atoms with Gasteiger partial charge in [-0.1, -0.05) is 48.5 Å². The largest absolute Gasteiger partial charge is 0.480 e. The lowest BCUT2D eigenvalue weighted by molar-refractivity contribution is -0.139. The van der Waals surface area contributed by atoms with Gasteiger partial charge in [0.2, 0.25) is 0 Å². The van der Waals surface area contributed by atoms with Gasteiger partial charge < -0.3 is 20.6 Å². The number of alkyl carbamates (subject to hydrolysis) is 1. The van der Waals surface area contributed by atoms with E-state index in [4.69, 9.17) is 10.6 Å². The number of fused-ring (bicyclic) bond motifs is 3. The molecule has 9 heteroatoms. The van der Waals surface area contributed by atoms with Crippen LogP contribution in [0.2, 0.25) is 0 Å². The second kappa shape index (κ2) is 11.9. The zero-order chi connectivity index (χ0) is 21.3. The number of carboxylic acids is 1. The summed E-state index contributed by atoms with van der Waals surface area (Å²) in [6.07, 6.45) is 2.24. The number of halogens is 1. The topological polar surface area (TPSA) is 126 Å². The van der Waals surface area contributed by atoms with Crippen LogP contribution in [0.15, 0.2) is 53.5 Å². The number of aliphatic imine (C=N–C) groups is 1. The lowest BCUT2D eigenvalue weighted by Gasteiger charge is -2.17. The number of nitrogens with two attached hydrogens (primary N) is 1. The molecule has 5 N–H and O–H groups in total. The van der Waals surface area contributed by atoms with E-state index in [-0.39, 0.29) is 24.9 Å². The Kier molecular flexibility index (Phi) is 9.30. The lowest BCUT2D eigenvalue weighted by Crippen LogP contribution is -2.41. The zero-order valence-corrected chi connectivity index (χ0v) is 17.8. The number of nitrogens with one attached hydrogen (secondary N) is 2. The van der Waals surface area contributed by atoms with Crippen LogP contribution in [-0.2, 0) is 9.53 Å². The van der Waals surface area contributed by atoms with Gasteiger partial charge in [-0.25, -0.2) is 15.4 Å². The van der Waals surface area contributed by atoms with Crippen LogP contribution in [0.4, 0.5) is 4.79 Å². The molecule has 0 saturated heterocycles. The molecular formula is C22H27ClN4O4. The van der Waals surface area contributed by atoms with E-state index in [0.29, 0.717) is 25.8 Å². The maximum Gasteiger partial charge on any atom is 0.407 e. The smallest absolute Gasteiger partial charge is 0.407 e. The Balaban J connectivity index is 0.00000341. The van der Waals surface area contributed by atoms with Crippen molar-refractivity contribution in [3.63, 3.8) is 0 Å². The number of carbonyl (C=O) groups is 2. The Morgan fingerprint density at radius 2 is 1.71 bits per heavy atom. The second-order valence-electron chi connectivity index (χ2n) is 7.06. The quantitative estimate of drug-likeness (QED) is 0.146. The number of aliphatic carboxylic acids is 1. The van der Waals surface area contributed by atoms with E-state index in [0.717, 1.165) is 22.3 Å². The summed E-state index contributed by atoms with van der Waals surface area (Å²) >= 11 is 0. The van der Waals surface area contributed by atoms with E-state index < -0.39 is 18.1 Å². The number of amides is 1. The molecule has 1 atom stereocenters. The predicted octanol–water partition coefficient (Wildman–Crippen LogP) is 3.06. The summed E-state index contributed by atoms with van der Waals surface area (Å²) in [6, 6.07) is 15.1. The molecule has 1 aliphatic rings. The van der Waals surface area contributed by atoms with Crippen LogP contribution in [-0.4, -0.2) is 42.7 Å². The molecule has 3 rings (SSSR count). The monoisotopic (exact) mass is 446 g/mol. The third-order valence-corrected chi connectivity index (χ3v) is 5.13. The maximum absolute atomic E-state index is 12.3. The molecule has 0 saturated carbocycles. The highest BCUT2D eigenvalue weighted by atomic mass is 35.5. The molecule has 1 unspecified atom stereocenters. The first-order valence-electron chi connectivity index (χ1n) is 9.90. The zero-order valence-electron chi connectivity index (χ0n) is 17.0. The van der Waals surface area contributed by atoms with Gasteiger partial charge in [0.25, 0.3) is 0 Å². The van der Waals surface area contributed by atoms with Crippen molar-refractivity contribution in [3.8, 4) is 11.1 Å². The first kappa shape index (κ1) is 24.2. The normalized spacial score (nSPS) is 13.1. The van der Waals surface area contributed by atoms with E-state index in [9.17, 15) is 14.7 Å². The van der Waals surface area contributed by atoms with Gasteiger partial charge in [-0.2, -0.15) is 0 Å². The van der Waals surface area contributed by atoms with Gasteiger partial charge >= 0.3 is 12.1 Å². The number of hydrazine groups is 1. The average molecular weight is 447 g/mol. The number of hydrogen-bond acceptors (Lipinski definition) is 5. The molecule has 0 heterocycles. The highest BCUT2D eigenvalue weighted by Gasteiger charge is 2.29. The second-order valence-corrected chi connectivity index (χ2v) is 7.06. The highest BCUT2D eigenvalue weighted by Crippen LogP contribution is 2.44. The molecule has 0 radical (unpaired) electrons. The van der Waals surface area contributed by atoms with Gasteiger partial charge in [0, 0.05) is 12.5 Å². The van der Waals surface area contributed by atoms with Gasteiger partial charge in [0.15, 0.2) is 0 Å². The SMILES string of the molecule is Cl.NNC=NCCCCC(NC(=O)OCC1c2ccccc2-c2ccccc21)C(=O)O. The standard InChI is InChI=1S/C22H26N4O4.ClH/c23-25-14-24-12-6-5-11-20(21(27)28)26-22(29)30-13-19-17-9-3-1-7-15(17)16-8-2-4-10-18(16)19;/h1-4,7-10,14,19-20H,5-6,11-13,23H2,(H,24,25)(H,26,29)(H,27,28);1H. The van der Waals surface area contributed by atoms with Crippen molar-refractivity contribution < 1.29 is 19.4 Å². The first-order valence-corrected chi connectivity index (χ1v) is 9.90. The lowest BCUT2D eigenvalue weighted by atomic mass is 9.98. The van der Waals surface area contributed by atoms with Crippen LogP contribution >= 0.6 is 12.4 Å². The number of unbranched alkanes of at least 4 members (excludes halogenated alkanes) is 1. The van der Waals surface area contributed by atoms with Crippen molar-refractivity contribution in [3.05, 3.63) is 59.7 Å². The van der Waals surface area contributed by atoms with Gasteiger partial charge in [-0.3, -0.25) is 4.99 Å². The fourth-order valence-corrected chi connectivity index (χ4v) is 3.71. The van der Waals surface area contributed by atoms with Gasteiger partial charge in [-0.15, -0.1) is 12.4 Å². The van der Waals surface area contributed by atoms with Crippen LogP contribution in [0, 0.1) is 0 Å². The average Bonchev–Trinajstić information content (AvgIpc) is 3.07. The van der Waals surface area contributed by atoms with Crippen molar-refractivity contribution >= 4 is 30.8 Å². The maximum atomic E-state index is 12.3. The summed E-state index contributed by atoms with van der Waals surface area (Å²) in [5.74, 6) is 3.92. The van der Waals surface area contributed by atoms with E-state index >= 15 is 0 Å². The fraction of sp³-hybridized carbons (Fsp3) is 0.318. The third kappa shape index (κ3) is 6.19. The van der Waals surface area contributed by atoms with E-state index in [1.165, 1.54) is 6.34 Å². The Hall–Kier alpha value is -3.10. The summed E-state index contributed by atoms with van der Waals surface area (Å²) < 4.78 is 5.42. The number of ether oxygens (including phenoxy) is 1. The Labute approximate surface area is 187 Å². The molecule has 0 bridgehead atoms. The molecule has 2 aromatic carbocycles. The molecule has 1 amide bonds. The summed E-state index contributed by atoms with van der Waals surface area (Å²) in [7, 11) is 0. The Bertz CT molecular complexity index is 876. The van der Waals surface area contributed by atoms with Crippen LogP contribution in [0.5, 0.6) is 0 Å². The van der Waals surface area contributed by atoms with E-state index in [1.54, 1.807) is 0 Å². The van der Waals surface area contributed by atoms with Crippen LogP contribution in [0.25, 0.3) is 11.1 Å². The molecule has 8 nitrogen and oxygen atoms in total. The van der Waals surface area contributed by atoms with Crippen molar-refractivity contribution in [2.45, 2.75) is 31.2 Å². The van der Waals surface area contributed by atoms with Crippen molar-refractivity contribution in [2.75, 3.05) is 13.2 Å². The summed E-state index contributed by atoms with van der Waals surface area (Å²) in [5, 5.41) is 11.8. The minimum atomic E-state index is -1.09. The van der Waals surface area contributed by atoms with Crippen molar-refractivity contribution in [1.29, 1.82) is 0 Å². The minimum absolute atomic E-state index is 0. The summed E-state index contributed by atoms with van der Waals surface area (Å²) in [5.41, 5.74) is 6.79. The first-order chi connectivity index (χ1) is 14.6. The number of hydrogen-bond donors (Lipinski definition) is 4. The van der Waals surface area contributed by atoms with Crippen molar-refractivity contribution in [2.24, 2.45) is 10.8 Å². The molecule has 0 aromatic heterocycles. The van der Waals surface area contributed by atoms with E-state index in [2.05, 4.69) is 27.9 Å². The van der Waals surface area contributed by atoms with Crippen LogP contribution in [0.1, 0.15) is 36.3 Å². The minimum Gasteiger partial charge on any atom is -0.480 e. The Morgan fingerprint density at radius 3 is 2.29 bits per heavy atom. The highest BCUT2D eigenvalue weighted by molar-refractivity contribution is 5.85. The molecule has 0 spiro atoms. The molecule has 31 heavy (non-hydrogen) atoms. The number of benzene rings is 2. The number of carbonyl (C=O) groups excluding carboxylic acids is 1. The number of carboxylic acid groups (broad SMARTS) is 1. The predicted molar refractivity (Wildman–Crippen MR) is 121 cm³/mol. The van der Waals surface area contributed by atoms with Crippen LogP contribution in [0.3, 0.4) is 0 Å². The molecule has 166 valence electrons. The Morgan fingerprint density at radius 1 is 1.10 bits per heavy atom. The number of nitrogens with zero attached hydrogens (tertiary/aromatic N) is 1.